The van der Waals surface area contributed by atoms with E-state index in [0.717, 1.165) is 44.3 Å². The van der Waals surface area contributed by atoms with E-state index in [4.69, 9.17) is 14.2 Å². The molecule has 1 saturated heterocycles. The van der Waals surface area contributed by atoms with Crippen molar-refractivity contribution >= 4 is 11.9 Å². The number of hydrogen-bond donors (Lipinski definition) is 1. The number of amides is 1. The maximum Gasteiger partial charge on any atom is 0.341 e. The van der Waals surface area contributed by atoms with Crippen LogP contribution in [0.3, 0.4) is 0 Å². The largest absolute Gasteiger partial charge is 0.487 e. The molecule has 2 aliphatic rings. The van der Waals surface area contributed by atoms with Gasteiger partial charge in [0.15, 0.2) is 0 Å². The van der Waals surface area contributed by atoms with E-state index in [1.165, 1.54) is 7.11 Å². The summed E-state index contributed by atoms with van der Waals surface area (Å²) < 4.78 is 18.0. The second kappa shape index (κ2) is 9.30. The van der Waals surface area contributed by atoms with Crippen LogP contribution in [0.15, 0.2) is 24.3 Å². The van der Waals surface area contributed by atoms with E-state index in [9.17, 15) is 9.59 Å². The number of esters is 1. The molecule has 0 unspecified atom stereocenters. The number of methoxy groups -OCH3 is 1. The van der Waals surface area contributed by atoms with Gasteiger partial charge in [-0.05, 0) is 56.4 Å². The number of nitrogens with zero attached hydrogens (tertiary/aromatic N) is 2. The van der Waals surface area contributed by atoms with Crippen LogP contribution in [0.4, 0.5) is 0 Å². The van der Waals surface area contributed by atoms with E-state index >= 15 is 0 Å². The van der Waals surface area contributed by atoms with E-state index < -0.39 is 0 Å². The standard InChI is InChI=1S/C22H27N3O5/c1-28-22(27)20-18(24-25-11-3-2-4-19(20)25)14-30-17-7-5-15(6-8-17)21(26)23-16-9-12-29-13-10-16/h5-8,16H,2-4,9-14H2,1H3,(H,23,26). The number of ether oxygens (including phenoxy) is 3. The van der Waals surface area contributed by atoms with Gasteiger partial charge in [0.2, 0.25) is 0 Å². The Kier molecular flexibility index (Phi) is 6.32. The first kappa shape index (κ1) is 20.4. The molecule has 4 rings (SSSR count). The molecule has 8 heteroatoms. The van der Waals surface area contributed by atoms with Crippen LogP contribution in [0.1, 0.15) is 57.8 Å². The van der Waals surface area contributed by atoms with Crippen molar-refractivity contribution in [1.29, 1.82) is 0 Å². The normalized spacial score (nSPS) is 16.6. The first-order chi connectivity index (χ1) is 14.7. The number of rotatable bonds is 6. The Morgan fingerprint density at radius 1 is 1.20 bits per heavy atom. The summed E-state index contributed by atoms with van der Waals surface area (Å²) in [6.45, 7) is 2.33. The molecule has 30 heavy (non-hydrogen) atoms. The number of carbonyl (C=O) groups is 2. The van der Waals surface area contributed by atoms with Gasteiger partial charge in [-0.25, -0.2) is 4.79 Å². The molecule has 1 N–H and O–H groups in total. The fourth-order valence-electron chi connectivity index (χ4n) is 3.95. The van der Waals surface area contributed by atoms with E-state index in [1.807, 2.05) is 4.68 Å². The quantitative estimate of drug-likeness (QED) is 0.732. The van der Waals surface area contributed by atoms with Gasteiger partial charge in [-0.3, -0.25) is 9.48 Å². The summed E-state index contributed by atoms with van der Waals surface area (Å²) in [7, 11) is 1.38. The van der Waals surface area contributed by atoms with Crippen LogP contribution in [-0.4, -0.2) is 48.0 Å². The van der Waals surface area contributed by atoms with Crippen LogP contribution in [0.5, 0.6) is 5.75 Å². The fraction of sp³-hybridized carbons (Fsp3) is 0.500. The lowest BCUT2D eigenvalue weighted by Crippen LogP contribution is -2.38. The van der Waals surface area contributed by atoms with Crippen LogP contribution in [-0.2, 0) is 29.0 Å². The molecule has 2 aliphatic heterocycles. The minimum absolute atomic E-state index is 0.0943. The third-order valence-electron chi connectivity index (χ3n) is 5.60. The second-order valence-corrected chi connectivity index (χ2v) is 7.61. The molecule has 0 bridgehead atoms. The average molecular weight is 413 g/mol. The zero-order valence-electron chi connectivity index (χ0n) is 17.2. The number of hydrogen-bond acceptors (Lipinski definition) is 6. The van der Waals surface area contributed by atoms with Crippen LogP contribution in [0.2, 0.25) is 0 Å². The van der Waals surface area contributed by atoms with Crippen molar-refractivity contribution in [1.82, 2.24) is 15.1 Å². The molecule has 0 radical (unpaired) electrons. The Morgan fingerprint density at radius 3 is 2.70 bits per heavy atom. The topological polar surface area (TPSA) is 91.7 Å². The Balaban J connectivity index is 1.40. The summed E-state index contributed by atoms with van der Waals surface area (Å²) in [5.74, 6) is 0.138. The number of nitrogens with one attached hydrogen (secondary N) is 1. The van der Waals surface area contributed by atoms with Gasteiger partial charge >= 0.3 is 5.97 Å². The van der Waals surface area contributed by atoms with Gasteiger partial charge in [-0.15, -0.1) is 0 Å². The highest BCUT2D eigenvalue weighted by Crippen LogP contribution is 2.24. The van der Waals surface area contributed by atoms with E-state index in [2.05, 4.69) is 10.4 Å². The van der Waals surface area contributed by atoms with Gasteiger partial charge in [-0.2, -0.15) is 5.10 Å². The van der Waals surface area contributed by atoms with Crippen molar-refractivity contribution in [2.45, 2.75) is 51.3 Å². The Labute approximate surface area is 175 Å². The molecule has 8 nitrogen and oxygen atoms in total. The monoisotopic (exact) mass is 413 g/mol. The number of aromatic nitrogens is 2. The van der Waals surface area contributed by atoms with Crippen molar-refractivity contribution in [2.24, 2.45) is 0 Å². The molecule has 1 aromatic heterocycles. The second-order valence-electron chi connectivity index (χ2n) is 7.61. The SMILES string of the molecule is COC(=O)c1c(COc2ccc(C(=O)NC3CCOCC3)cc2)nn2c1CCCC2. The average Bonchev–Trinajstić information content (AvgIpc) is 3.16. The Hall–Kier alpha value is -2.87. The van der Waals surface area contributed by atoms with Crippen molar-refractivity contribution in [2.75, 3.05) is 20.3 Å². The summed E-state index contributed by atoms with van der Waals surface area (Å²) >= 11 is 0. The van der Waals surface area contributed by atoms with Gasteiger partial charge in [0.1, 0.15) is 23.6 Å². The first-order valence-corrected chi connectivity index (χ1v) is 10.4. The van der Waals surface area contributed by atoms with Crippen molar-refractivity contribution in [3.63, 3.8) is 0 Å². The molecule has 0 saturated carbocycles. The predicted octanol–water partition coefficient (Wildman–Crippen LogP) is 2.49. The zero-order chi connectivity index (χ0) is 20.9. The minimum Gasteiger partial charge on any atom is -0.487 e. The Bertz CT molecular complexity index is 900. The number of aryl methyl sites for hydroxylation is 1. The summed E-state index contributed by atoms with van der Waals surface area (Å²) in [5.41, 5.74) is 2.61. The molecule has 160 valence electrons. The smallest absolute Gasteiger partial charge is 0.341 e. The van der Waals surface area contributed by atoms with Crippen molar-refractivity contribution in [3.8, 4) is 5.75 Å². The highest BCUT2D eigenvalue weighted by molar-refractivity contribution is 5.94. The summed E-state index contributed by atoms with van der Waals surface area (Å²) in [6.07, 6.45) is 4.57. The molecule has 3 heterocycles. The molecule has 1 amide bonds. The Morgan fingerprint density at radius 2 is 1.97 bits per heavy atom. The molecular weight excluding hydrogens is 386 g/mol. The third kappa shape index (κ3) is 4.48. The van der Waals surface area contributed by atoms with E-state index in [1.54, 1.807) is 24.3 Å². The van der Waals surface area contributed by atoms with Gasteiger partial charge < -0.3 is 19.5 Å². The molecule has 1 fully saturated rings. The minimum atomic E-state index is -0.378. The van der Waals surface area contributed by atoms with Crippen LogP contribution < -0.4 is 10.1 Å². The van der Waals surface area contributed by atoms with Gasteiger partial charge in [0.25, 0.3) is 5.91 Å². The summed E-state index contributed by atoms with van der Waals surface area (Å²) in [6, 6.07) is 7.15. The highest BCUT2D eigenvalue weighted by Gasteiger charge is 2.26. The maximum atomic E-state index is 12.4. The lowest BCUT2D eigenvalue weighted by atomic mass is 10.1. The third-order valence-corrected chi connectivity index (χ3v) is 5.60. The van der Waals surface area contributed by atoms with Crippen molar-refractivity contribution in [3.05, 3.63) is 46.8 Å². The van der Waals surface area contributed by atoms with Gasteiger partial charge in [0, 0.05) is 31.4 Å². The molecule has 0 spiro atoms. The number of carbonyl (C=O) groups excluding carboxylic acids is 2. The molecule has 2 aromatic rings. The molecular formula is C22H27N3O5. The van der Waals surface area contributed by atoms with Crippen LogP contribution in [0, 0.1) is 0 Å². The lowest BCUT2D eigenvalue weighted by molar-refractivity contribution is 0.0595. The molecule has 1 aromatic carbocycles. The van der Waals surface area contributed by atoms with E-state index in [-0.39, 0.29) is 24.5 Å². The summed E-state index contributed by atoms with van der Waals surface area (Å²) in [5, 5.41) is 7.60. The van der Waals surface area contributed by atoms with E-state index in [0.29, 0.717) is 35.8 Å². The summed E-state index contributed by atoms with van der Waals surface area (Å²) in [4.78, 5) is 24.7. The van der Waals surface area contributed by atoms with Gasteiger partial charge in [-0.1, -0.05) is 0 Å². The first-order valence-electron chi connectivity index (χ1n) is 10.4. The van der Waals surface area contributed by atoms with Crippen LogP contribution >= 0.6 is 0 Å². The predicted molar refractivity (Wildman–Crippen MR) is 109 cm³/mol. The van der Waals surface area contributed by atoms with Crippen molar-refractivity contribution < 1.29 is 23.8 Å². The molecule has 0 aliphatic carbocycles. The fourth-order valence-corrected chi connectivity index (χ4v) is 3.95. The zero-order valence-corrected chi connectivity index (χ0v) is 17.2. The highest BCUT2D eigenvalue weighted by atomic mass is 16.5. The number of benzene rings is 1. The maximum absolute atomic E-state index is 12.4. The van der Waals surface area contributed by atoms with Gasteiger partial charge in [0.05, 0.1) is 12.8 Å². The molecule has 0 atom stereocenters. The van der Waals surface area contributed by atoms with Crippen LogP contribution in [0.25, 0.3) is 0 Å². The number of fused-ring (bicyclic) bond motifs is 1. The lowest BCUT2D eigenvalue weighted by Gasteiger charge is -2.23.